The van der Waals surface area contributed by atoms with Gasteiger partial charge in [-0.3, -0.25) is 4.79 Å². The van der Waals surface area contributed by atoms with Gasteiger partial charge in [0.05, 0.1) is 23.4 Å². The van der Waals surface area contributed by atoms with Gasteiger partial charge in [-0.1, -0.05) is 42.5 Å². The fourth-order valence-corrected chi connectivity index (χ4v) is 4.21. The molecule has 4 nitrogen and oxygen atoms in total. The number of amides is 1. The van der Waals surface area contributed by atoms with Gasteiger partial charge < -0.3 is 14.6 Å². The highest BCUT2D eigenvalue weighted by Crippen LogP contribution is 2.27. The summed E-state index contributed by atoms with van der Waals surface area (Å²) in [7, 11) is 1.66. The number of nitrogens with one attached hydrogen (secondary N) is 1. The summed E-state index contributed by atoms with van der Waals surface area (Å²) in [6, 6.07) is 21.9. The fraction of sp³-hybridized carbons (Fsp3) is 0.174. The van der Waals surface area contributed by atoms with Crippen LogP contribution in [0.4, 0.5) is 0 Å². The number of ether oxygens (including phenoxy) is 1. The van der Waals surface area contributed by atoms with Gasteiger partial charge in [0.1, 0.15) is 11.4 Å². The minimum absolute atomic E-state index is 0.0631. The van der Waals surface area contributed by atoms with Crippen LogP contribution in [-0.2, 0) is 6.54 Å². The van der Waals surface area contributed by atoms with Crippen molar-refractivity contribution in [1.82, 2.24) is 9.88 Å². The Morgan fingerprint density at radius 3 is 2.71 bits per heavy atom. The maximum atomic E-state index is 13.1. The molecular formula is C23H22N2O2S. The summed E-state index contributed by atoms with van der Waals surface area (Å²) < 4.78 is 8.53. The normalized spacial score (nSPS) is 12.1. The number of nitrogens with zero attached hydrogens (tertiary/aromatic N) is 1. The van der Waals surface area contributed by atoms with E-state index in [-0.39, 0.29) is 11.9 Å². The number of carbonyl (C=O) groups excluding carboxylic acids is 1. The molecule has 0 saturated carbocycles. The molecule has 142 valence electrons. The Bertz CT molecular complexity index is 1100. The molecule has 2 aromatic carbocycles. The highest BCUT2D eigenvalue weighted by molar-refractivity contribution is 7.17. The van der Waals surface area contributed by atoms with Crippen molar-refractivity contribution in [2.75, 3.05) is 7.11 Å². The Labute approximate surface area is 168 Å². The maximum Gasteiger partial charge on any atom is 0.268 e. The van der Waals surface area contributed by atoms with Crippen molar-refractivity contribution >= 4 is 27.5 Å². The Balaban J connectivity index is 1.64. The predicted octanol–water partition coefficient (Wildman–Crippen LogP) is 5.25. The first kappa shape index (κ1) is 18.3. The third-order valence-corrected chi connectivity index (χ3v) is 5.73. The molecule has 0 aliphatic rings. The van der Waals surface area contributed by atoms with Crippen LogP contribution in [0.5, 0.6) is 5.75 Å². The topological polar surface area (TPSA) is 43.3 Å². The molecule has 0 unspecified atom stereocenters. The molecular weight excluding hydrogens is 368 g/mol. The lowest BCUT2D eigenvalue weighted by Crippen LogP contribution is -2.28. The number of methoxy groups -OCH3 is 1. The number of aromatic nitrogens is 1. The van der Waals surface area contributed by atoms with Crippen LogP contribution in [0.15, 0.2) is 72.1 Å². The predicted molar refractivity (Wildman–Crippen MR) is 114 cm³/mol. The molecule has 0 aliphatic carbocycles. The highest BCUT2D eigenvalue weighted by Gasteiger charge is 2.19. The fourth-order valence-electron chi connectivity index (χ4n) is 3.38. The Hall–Kier alpha value is -3.05. The SMILES string of the molecule is COc1cccc(Cn2c(C(=O)N[C@@H](C)c3ccccc3)cc3sccc32)c1. The van der Waals surface area contributed by atoms with Crippen LogP contribution in [-0.4, -0.2) is 17.6 Å². The third kappa shape index (κ3) is 3.66. The van der Waals surface area contributed by atoms with Gasteiger partial charge in [0.25, 0.3) is 5.91 Å². The lowest BCUT2D eigenvalue weighted by atomic mass is 10.1. The van der Waals surface area contributed by atoms with E-state index >= 15 is 0 Å². The molecule has 4 rings (SSSR count). The summed E-state index contributed by atoms with van der Waals surface area (Å²) in [5.41, 5.74) is 3.93. The molecule has 28 heavy (non-hydrogen) atoms. The molecule has 5 heteroatoms. The van der Waals surface area contributed by atoms with Gasteiger partial charge in [-0.2, -0.15) is 0 Å². The van der Waals surface area contributed by atoms with Crippen molar-refractivity contribution in [1.29, 1.82) is 0 Å². The lowest BCUT2D eigenvalue weighted by Gasteiger charge is -2.16. The Morgan fingerprint density at radius 2 is 1.93 bits per heavy atom. The van der Waals surface area contributed by atoms with E-state index in [2.05, 4.69) is 27.4 Å². The zero-order valence-electron chi connectivity index (χ0n) is 15.9. The molecule has 0 bridgehead atoms. The van der Waals surface area contributed by atoms with Crippen LogP contribution in [0.1, 0.15) is 34.6 Å². The Kier molecular flexibility index (Phi) is 5.17. The summed E-state index contributed by atoms with van der Waals surface area (Å²) >= 11 is 1.65. The minimum Gasteiger partial charge on any atom is -0.497 e. The maximum absolute atomic E-state index is 13.1. The third-order valence-electron chi connectivity index (χ3n) is 4.88. The highest BCUT2D eigenvalue weighted by atomic mass is 32.1. The number of benzene rings is 2. The summed E-state index contributed by atoms with van der Waals surface area (Å²) in [5, 5.41) is 5.19. The van der Waals surface area contributed by atoms with Crippen LogP contribution < -0.4 is 10.1 Å². The van der Waals surface area contributed by atoms with Gasteiger partial charge in [0.15, 0.2) is 0 Å². The first-order valence-electron chi connectivity index (χ1n) is 9.21. The zero-order valence-corrected chi connectivity index (χ0v) is 16.7. The average Bonchev–Trinajstić information content (AvgIpc) is 3.31. The average molecular weight is 391 g/mol. The van der Waals surface area contributed by atoms with E-state index in [1.165, 1.54) is 0 Å². The number of fused-ring (bicyclic) bond motifs is 1. The van der Waals surface area contributed by atoms with Crippen molar-refractivity contribution in [3.8, 4) is 5.75 Å². The molecule has 0 radical (unpaired) electrons. The number of thiophene rings is 1. The Morgan fingerprint density at radius 1 is 1.11 bits per heavy atom. The molecule has 0 aliphatic heterocycles. The molecule has 2 aromatic heterocycles. The van der Waals surface area contributed by atoms with Gasteiger partial charge in [-0.25, -0.2) is 0 Å². The standard InChI is InChI=1S/C23H22N2O2S/c1-16(18-8-4-3-5-9-18)24-23(26)21-14-22-20(11-12-28-22)25(21)15-17-7-6-10-19(13-17)27-2/h3-14,16H,15H2,1-2H3,(H,24,26)/t16-/m0/s1. The van der Waals surface area contributed by atoms with Gasteiger partial charge in [-0.15, -0.1) is 11.3 Å². The van der Waals surface area contributed by atoms with Gasteiger partial charge in [-0.05, 0) is 47.7 Å². The first-order chi connectivity index (χ1) is 13.7. The van der Waals surface area contributed by atoms with Crippen LogP contribution in [0.25, 0.3) is 10.2 Å². The molecule has 4 aromatic rings. The molecule has 1 atom stereocenters. The van der Waals surface area contributed by atoms with Crippen molar-refractivity contribution in [2.24, 2.45) is 0 Å². The van der Waals surface area contributed by atoms with Gasteiger partial charge >= 0.3 is 0 Å². The molecule has 0 spiro atoms. The second-order valence-corrected chi connectivity index (χ2v) is 7.69. The molecule has 0 fully saturated rings. The smallest absolute Gasteiger partial charge is 0.268 e. The first-order valence-corrected chi connectivity index (χ1v) is 10.1. The lowest BCUT2D eigenvalue weighted by molar-refractivity contribution is 0.0931. The van der Waals surface area contributed by atoms with Gasteiger partial charge in [0.2, 0.25) is 0 Å². The second-order valence-electron chi connectivity index (χ2n) is 6.74. The van der Waals surface area contributed by atoms with E-state index in [1.54, 1.807) is 18.4 Å². The molecule has 2 heterocycles. The van der Waals surface area contributed by atoms with Crippen LogP contribution in [0.3, 0.4) is 0 Å². The summed E-state index contributed by atoms with van der Waals surface area (Å²) in [5.74, 6) is 0.748. The van der Waals surface area contributed by atoms with Crippen molar-refractivity contribution in [3.05, 3.63) is 88.9 Å². The van der Waals surface area contributed by atoms with E-state index in [1.807, 2.05) is 61.5 Å². The number of carbonyl (C=O) groups is 1. The number of hydrogen-bond acceptors (Lipinski definition) is 3. The van der Waals surface area contributed by atoms with Crippen molar-refractivity contribution in [3.63, 3.8) is 0 Å². The van der Waals surface area contributed by atoms with E-state index < -0.39 is 0 Å². The largest absolute Gasteiger partial charge is 0.497 e. The van der Waals surface area contributed by atoms with Gasteiger partial charge in [0, 0.05) is 6.54 Å². The summed E-state index contributed by atoms with van der Waals surface area (Å²) in [6.45, 7) is 2.62. The quantitative estimate of drug-likeness (QED) is 0.489. The molecule has 0 saturated heterocycles. The molecule has 1 amide bonds. The van der Waals surface area contributed by atoms with Crippen LogP contribution in [0.2, 0.25) is 0 Å². The van der Waals surface area contributed by atoms with E-state index in [0.29, 0.717) is 12.2 Å². The second kappa shape index (κ2) is 7.90. The van der Waals surface area contributed by atoms with Crippen molar-refractivity contribution in [2.45, 2.75) is 19.5 Å². The summed E-state index contributed by atoms with van der Waals surface area (Å²) in [4.78, 5) is 13.1. The van der Waals surface area contributed by atoms with E-state index in [0.717, 1.165) is 27.1 Å². The number of rotatable bonds is 6. The number of hydrogen-bond donors (Lipinski definition) is 1. The molecule has 1 N–H and O–H groups in total. The van der Waals surface area contributed by atoms with Crippen LogP contribution in [0, 0.1) is 0 Å². The van der Waals surface area contributed by atoms with E-state index in [4.69, 9.17) is 4.74 Å². The van der Waals surface area contributed by atoms with E-state index in [9.17, 15) is 4.79 Å². The van der Waals surface area contributed by atoms with Crippen LogP contribution >= 0.6 is 11.3 Å². The monoisotopic (exact) mass is 390 g/mol. The minimum atomic E-state index is -0.0670. The summed E-state index contributed by atoms with van der Waals surface area (Å²) in [6.07, 6.45) is 0. The van der Waals surface area contributed by atoms with Crippen molar-refractivity contribution < 1.29 is 9.53 Å². The zero-order chi connectivity index (χ0) is 19.5.